The van der Waals surface area contributed by atoms with Gasteiger partial charge < -0.3 is 24.6 Å². The van der Waals surface area contributed by atoms with Crippen molar-refractivity contribution in [1.82, 2.24) is 4.90 Å². The number of ether oxygens (including phenoxy) is 2. The molecule has 0 saturated heterocycles. The first-order valence-corrected chi connectivity index (χ1v) is 8.23. The van der Waals surface area contributed by atoms with Gasteiger partial charge in [-0.15, -0.1) is 0 Å². The van der Waals surface area contributed by atoms with E-state index in [1.807, 2.05) is 13.0 Å². The van der Waals surface area contributed by atoms with Crippen LogP contribution in [0.3, 0.4) is 0 Å². The van der Waals surface area contributed by atoms with Gasteiger partial charge in [0, 0.05) is 26.1 Å². The zero-order valence-electron chi connectivity index (χ0n) is 14.3. The lowest BCUT2D eigenvalue weighted by atomic mass is 10.3. The highest BCUT2D eigenvalue weighted by atomic mass is 16.5. The minimum Gasteiger partial charge on any atom is -0.394 e. The summed E-state index contributed by atoms with van der Waals surface area (Å²) in [6.45, 7) is 9.46. The Bertz CT molecular complexity index is 235. The molecule has 0 aliphatic rings. The summed E-state index contributed by atoms with van der Waals surface area (Å²) in [7, 11) is 0. The Morgan fingerprint density at radius 1 is 0.864 bits per heavy atom. The minimum atomic E-state index is 0.0861. The SMILES string of the molecule is CCCC#N.CCCN(CCCOCCO)CCOCCO. The molecule has 0 saturated carbocycles. The van der Waals surface area contributed by atoms with Crippen molar-refractivity contribution >= 4 is 0 Å². The van der Waals surface area contributed by atoms with Crippen LogP contribution in [0.25, 0.3) is 0 Å². The highest BCUT2D eigenvalue weighted by molar-refractivity contribution is 4.65. The number of hydrogen-bond acceptors (Lipinski definition) is 6. The first kappa shape index (κ1) is 23.6. The summed E-state index contributed by atoms with van der Waals surface area (Å²) < 4.78 is 10.5. The van der Waals surface area contributed by atoms with Crippen molar-refractivity contribution in [3.05, 3.63) is 0 Å². The summed E-state index contributed by atoms with van der Waals surface area (Å²) in [5.41, 5.74) is 0. The number of nitriles is 1. The Labute approximate surface area is 135 Å². The van der Waals surface area contributed by atoms with Crippen molar-refractivity contribution in [3.8, 4) is 6.07 Å². The van der Waals surface area contributed by atoms with Crippen LogP contribution >= 0.6 is 0 Å². The largest absolute Gasteiger partial charge is 0.394 e. The van der Waals surface area contributed by atoms with E-state index in [9.17, 15) is 0 Å². The molecule has 0 aliphatic heterocycles. The highest BCUT2D eigenvalue weighted by Gasteiger charge is 2.03. The molecule has 0 bridgehead atoms. The van der Waals surface area contributed by atoms with Gasteiger partial charge in [0.1, 0.15) is 0 Å². The third kappa shape index (κ3) is 21.6. The quantitative estimate of drug-likeness (QED) is 0.471. The van der Waals surface area contributed by atoms with Gasteiger partial charge in [-0.05, 0) is 25.8 Å². The molecule has 0 heterocycles. The maximum absolute atomic E-state index is 8.58. The van der Waals surface area contributed by atoms with E-state index in [1.165, 1.54) is 0 Å². The number of unbranched alkanes of at least 4 members (excludes halogenated alkanes) is 1. The van der Waals surface area contributed by atoms with E-state index in [0.29, 0.717) is 32.8 Å². The molecule has 0 amide bonds. The van der Waals surface area contributed by atoms with Gasteiger partial charge in [-0.25, -0.2) is 0 Å². The normalized spacial score (nSPS) is 10.2. The molecule has 6 heteroatoms. The molecule has 0 spiro atoms. The summed E-state index contributed by atoms with van der Waals surface area (Å²) in [6.07, 6.45) is 3.77. The Balaban J connectivity index is 0. The van der Waals surface area contributed by atoms with Crippen LogP contribution in [0.1, 0.15) is 39.5 Å². The monoisotopic (exact) mass is 318 g/mol. The second kappa shape index (κ2) is 22.6. The van der Waals surface area contributed by atoms with E-state index in [4.69, 9.17) is 24.9 Å². The number of hydrogen-bond donors (Lipinski definition) is 2. The topological polar surface area (TPSA) is 86.0 Å². The van der Waals surface area contributed by atoms with Crippen LogP contribution in [0.4, 0.5) is 0 Å². The number of rotatable bonds is 14. The van der Waals surface area contributed by atoms with E-state index in [1.54, 1.807) is 0 Å². The van der Waals surface area contributed by atoms with Crippen LogP contribution < -0.4 is 0 Å². The molecule has 0 rings (SSSR count). The second-order valence-electron chi connectivity index (χ2n) is 4.78. The average Bonchev–Trinajstić information content (AvgIpc) is 2.52. The van der Waals surface area contributed by atoms with E-state index in [-0.39, 0.29) is 13.2 Å². The fourth-order valence-electron chi connectivity index (χ4n) is 1.68. The molecule has 132 valence electrons. The molecule has 6 nitrogen and oxygen atoms in total. The standard InChI is InChI=1S/C12H27NO4.C4H7N/c1-2-4-13(6-10-17-12-8-15)5-3-9-16-11-7-14;1-2-3-4-5/h14-15H,2-12H2,1H3;2-3H2,1H3. The maximum atomic E-state index is 8.58. The average molecular weight is 318 g/mol. The van der Waals surface area contributed by atoms with E-state index < -0.39 is 0 Å². The van der Waals surface area contributed by atoms with Crippen molar-refractivity contribution in [2.75, 3.05) is 59.3 Å². The summed E-state index contributed by atoms with van der Waals surface area (Å²) >= 11 is 0. The lowest BCUT2D eigenvalue weighted by Crippen LogP contribution is -2.30. The minimum absolute atomic E-state index is 0.0861. The van der Waals surface area contributed by atoms with Crippen LogP contribution in [0, 0.1) is 11.3 Å². The highest BCUT2D eigenvalue weighted by Crippen LogP contribution is 1.95. The fourth-order valence-corrected chi connectivity index (χ4v) is 1.68. The predicted octanol–water partition coefficient (Wildman–Crippen LogP) is 1.42. The van der Waals surface area contributed by atoms with Crippen LogP contribution in [-0.2, 0) is 9.47 Å². The van der Waals surface area contributed by atoms with Gasteiger partial charge in [-0.2, -0.15) is 5.26 Å². The molecule has 0 aliphatic carbocycles. The molecule has 0 atom stereocenters. The first-order chi connectivity index (χ1) is 10.8. The van der Waals surface area contributed by atoms with Crippen molar-refractivity contribution in [3.63, 3.8) is 0 Å². The predicted molar refractivity (Wildman–Crippen MR) is 87.7 cm³/mol. The third-order valence-corrected chi connectivity index (χ3v) is 2.69. The van der Waals surface area contributed by atoms with Crippen molar-refractivity contribution in [1.29, 1.82) is 5.26 Å². The Morgan fingerprint density at radius 3 is 1.95 bits per heavy atom. The zero-order valence-corrected chi connectivity index (χ0v) is 14.3. The van der Waals surface area contributed by atoms with Gasteiger partial charge in [-0.1, -0.05) is 13.8 Å². The summed E-state index contributed by atoms with van der Waals surface area (Å²) in [5.74, 6) is 0. The number of aliphatic hydroxyl groups excluding tert-OH is 2. The molecule has 0 unspecified atom stereocenters. The van der Waals surface area contributed by atoms with Crippen molar-refractivity contribution in [2.45, 2.75) is 39.5 Å². The maximum Gasteiger partial charge on any atom is 0.0698 e. The van der Waals surface area contributed by atoms with Crippen molar-refractivity contribution in [2.24, 2.45) is 0 Å². The van der Waals surface area contributed by atoms with Gasteiger partial charge in [0.05, 0.1) is 39.1 Å². The van der Waals surface area contributed by atoms with Crippen LogP contribution in [0.5, 0.6) is 0 Å². The molecule has 0 fully saturated rings. The Hall–Kier alpha value is -0.710. The van der Waals surface area contributed by atoms with E-state index in [2.05, 4.69) is 11.8 Å². The van der Waals surface area contributed by atoms with Gasteiger partial charge in [-0.3, -0.25) is 0 Å². The number of aliphatic hydroxyl groups is 2. The lowest BCUT2D eigenvalue weighted by molar-refractivity contribution is 0.0643. The summed E-state index contributed by atoms with van der Waals surface area (Å²) in [4.78, 5) is 2.33. The molecule has 0 aromatic rings. The van der Waals surface area contributed by atoms with E-state index >= 15 is 0 Å². The molecular weight excluding hydrogens is 284 g/mol. The fraction of sp³-hybridized carbons (Fsp3) is 0.938. The molecule has 22 heavy (non-hydrogen) atoms. The van der Waals surface area contributed by atoms with Gasteiger partial charge in [0.25, 0.3) is 0 Å². The summed E-state index contributed by atoms with van der Waals surface area (Å²) in [5, 5.41) is 25.0. The van der Waals surface area contributed by atoms with Crippen LogP contribution in [0.15, 0.2) is 0 Å². The smallest absolute Gasteiger partial charge is 0.0698 e. The number of nitrogens with zero attached hydrogens (tertiary/aromatic N) is 2. The summed E-state index contributed by atoms with van der Waals surface area (Å²) in [6, 6.07) is 2.02. The van der Waals surface area contributed by atoms with Crippen LogP contribution in [-0.4, -0.2) is 74.4 Å². The van der Waals surface area contributed by atoms with Gasteiger partial charge in [0.15, 0.2) is 0 Å². The van der Waals surface area contributed by atoms with Crippen LogP contribution in [0.2, 0.25) is 0 Å². The zero-order chi connectivity index (χ0) is 16.9. The lowest BCUT2D eigenvalue weighted by Gasteiger charge is -2.21. The molecule has 0 aromatic heterocycles. The third-order valence-electron chi connectivity index (χ3n) is 2.69. The van der Waals surface area contributed by atoms with Crippen molar-refractivity contribution < 1.29 is 19.7 Å². The molecular formula is C16H34N2O4. The van der Waals surface area contributed by atoms with Gasteiger partial charge >= 0.3 is 0 Å². The Kier molecular flexibility index (Phi) is 24.2. The van der Waals surface area contributed by atoms with Gasteiger partial charge in [0.2, 0.25) is 0 Å². The molecule has 2 N–H and O–H groups in total. The van der Waals surface area contributed by atoms with E-state index in [0.717, 1.165) is 38.9 Å². The molecule has 0 aromatic carbocycles. The second-order valence-corrected chi connectivity index (χ2v) is 4.78. The first-order valence-electron chi connectivity index (χ1n) is 8.23. The molecule has 0 radical (unpaired) electrons. The Morgan fingerprint density at radius 2 is 1.50 bits per heavy atom.